The van der Waals surface area contributed by atoms with E-state index >= 15 is 0 Å². The zero-order valence-electron chi connectivity index (χ0n) is 24.1. The molecule has 0 aromatic heterocycles. The van der Waals surface area contributed by atoms with Gasteiger partial charge in [-0.25, -0.2) is 0 Å². The molecule has 4 aromatic rings. The van der Waals surface area contributed by atoms with Crippen molar-refractivity contribution in [2.45, 2.75) is 58.3 Å². The third-order valence-electron chi connectivity index (χ3n) is 8.84. The van der Waals surface area contributed by atoms with Crippen LogP contribution in [0.3, 0.4) is 0 Å². The molecular weight excluding hydrogens is 687 g/mol. The summed E-state index contributed by atoms with van der Waals surface area (Å²) in [6.07, 6.45) is 0. The molecule has 0 N–H and O–H groups in total. The predicted molar refractivity (Wildman–Crippen MR) is 164 cm³/mol. The van der Waals surface area contributed by atoms with Gasteiger partial charge in [0.25, 0.3) is 0 Å². The number of hydrogen-bond acceptors (Lipinski definition) is 5. The molecule has 0 unspecified atom stereocenters. The number of rotatable bonds is 0. The molecule has 0 amide bonds. The first-order valence-corrected chi connectivity index (χ1v) is 16.3. The van der Waals surface area contributed by atoms with Crippen LogP contribution in [0.4, 0.5) is 22.7 Å². The Labute approximate surface area is 250 Å². The molecule has 41 heavy (non-hydrogen) atoms. The van der Waals surface area contributed by atoms with E-state index in [9.17, 15) is 0 Å². The number of fused-ring (bicyclic) bond motifs is 10. The normalized spacial score (nSPS) is 20.5. The summed E-state index contributed by atoms with van der Waals surface area (Å²) in [6, 6.07) is 37.6. The standard InChI is InChI=1S/C35H32N4O.Pt/c1-33(2)25-13-11-15-27(21-25)40-28-16-12-14-26(22-28)34(3,4)37-24-39(32-20-10-8-18-30(32)37)35(5,6)38-23-36(33)29-17-7-9-19-31(29)38;/h7-20H,1-6H3;/q-2;. The molecule has 4 aliphatic heterocycles. The van der Waals surface area contributed by atoms with Crippen LogP contribution in [-0.4, -0.2) is 14.0 Å². The fourth-order valence-electron chi connectivity index (χ4n) is 6.68. The summed E-state index contributed by atoms with van der Waals surface area (Å²) in [7, 11) is 0. The summed E-state index contributed by atoms with van der Waals surface area (Å²) in [6.45, 7) is 14.0. The maximum absolute atomic E-state index is 6.44. The number of ether oxygens (including phenoxy) is 1. The van der Waals surface area contributed by atoms with Gasteiger partial charge in [-0.1, -0.05) is 0 Å². The van der Waals surface area contributed by atoms with Gasteiger partial charge in [0, 0.05) is 0 Å². The van der Waals surface area contributed by atoms with Gasteiger partial charge in [-0.15, -0.1) is 0 Å². The van der Waals surface area contributed by atoms with Gasteiger partial charge in [0.05, 0.1) is 0 Å². The Bertz CT molecular complexity index is 1710. The molecule has 0 saturated carbocycles. The van der Waals surface area contributed by atoms with E-state index in [-0.39, 0.29) is 16.7 Å². The van der Waals surface area contributed by atoms with Crippen LogP contribution >= 0.6 is 0 Å². The SMILES string of the molecule is CC1(C)c2[c-]c(ccc2)Oc2[c-]c(ccc2)C(C)(C)N2[C]3=[Pt]=[C]4N1c1ccccc1N4C(C)(C)N3c1ccccc12. The van der Waals surface area contributed by atoms with E-state index in [1.807, 2.05) is 12.1 Å². The molecule has 6 heteroatoms. The van der Waals surface area contributed by atoms with Gasteiger partial charge < -0.3 is 0 Å². The van der Waals surface area contributed by atoms with E-state index in [4.69, 9.17) is 4.74 Å². The van der Waals surface area contributed by atoms with Crippen molar-refractivity contribution in [1.82, 2.24) is 0 Å². The number of anilines is 4. The van der Waals surface area contributed by atoms with E-state index < -0.39 is 17.6 Å². The Morgan fingerprint density at radius 3 is 1.32 bits per heavy atom. The van der Waals surface area contributed by atoms with Crippen LogP contribution in [0.25, 0.3) is 0 Å². The van der Waals surface area contributed by atoms with Crippen molar-refractivity contribution in [3.05, 3.63) is 108 Å². The Balaban J connectivity index is 1.52. The van der Waals surface area contributed by atoms with Crippen LogP contribution in [0.15, 0.2) is 84.9 Å². The van der Waals surface area contributed by atoms with E-state index in [0.717, 1.165) is 11.1 Å². The Morgan fingerprint density at radius 1 is 0.512 bits per heavy atom. The molecule has 210 valence electrons. The molecule has 0 saturated heterocycles. The quantitative estimate of drug-likeness (QED) is 0.179. The Morgan fingerprint density at radius 2 is 0.902 bits per heavy atom. The van der Waals surface area contributed by atoms with E-state index in [1.54, 1.807) is 0 Å². The van der Waals surface area contributed by atoms with Crippen molar-refractivity contribution < 1.29 is 22.4 Å². The molecule has 4 aliphatic rings. The average Bonchev–Trinajstić information content (AvgIpc) is 3.47. The minimum atomic E-state index is -0.655. The van der Waals surface area contributed by atoms with Gasteiger partial charge in [0.2, 0.25) is 0 Å². The van der Waals surface area contributed by atoms with Gasteiger partial charge >= 0.3 is 251 Å². The first-order chi connectivity index (χ1) is 19.6. The topological polar surface area (TPSA) is 22.2 Å². The second-order valence-corrected chi connectivity index (χ2v) is 15.1. The summed E-state index contributed by atoms with van der Waals surface area (Å²) >= 11 is -0.655. The predicted octanol–water partition coefficient (Wildman–Crippen LogP) is 7.22. The van der Waals surface area contributed by atoms with Crippen LogP contribution in [0, 0.1) is 12.1 Å². The Kier molecular flexibility index (Phi) is 5.01. The van der Waals surface area contributed by atoms with Crippen molar-refractivity contribution >= 4 is 31.0 Å². The first-order valence-electron chi connectivity index (χ1n) is 14.1. The molecule has 4 heterocycles. The average molecular weight is 720 g/mol. The monoisotopic (exact) mass is 719 g/mol. The van der Waals surface area contributed by atoms with E-state index in [1.165, 1.54) is 31.0 Å². The first kappa shape index (κ1) is 25.1. The molecule has 5 nitrogen and oxygen atoms in total. The molecule has 0 aliphatic carbocycles. The molecular formula is C35H32N4OPt-2. The summed E-state index contributed by atoms with van der Waals surface area (Å²) in [5.41, 5.74) is 6.08. The van der Waals surface area contributed by atoms with Crippen molar-refractivity contribution in [3.8, 4) is 11.5 Å². The fourth-order valence-corrected chi connectivity index (χ4v) is 11.8. The van der Waals surface area contributed by atoms with Crippen LogP contribution in [0.1, 0.15) is 52.7 Å². The van der Waals surface area contributed by atoms with Crippen LogP contribution in [-0.2, 0) is 28.7 Å². The maximum atomic E-state index is 6.44. The number of para-hydroxylation sites is 4. The molecule has 0 atom stereocenters. The van der Waals surface area contributed by atoms with Crippen LogP contribution < -0.4 is 24.3 Å². The van der Waals surface area contributed by atoms with Crippen molar-refractivity contribution in [2.75, 3.05) is 19.6 Å². The van der Waals surface area contributed by atoms with Crippen LogP contribution in [0.2, 0.25) is 0 Å². The molecule has 0 spiro atoms. The molecule has 6 bridgehead atoms. The summed E-state index contributed by atoms with van der Waals surface area (Å²) in [5.74, 6) is 1.41. The molecule has 0 fully saturated rings. The third-order valence-corrected chi connectivity index (χ3v) is 11.9. The zero-order valence-corrected chi connectivity index (χ0v) is 26.4. The minimum absolute atomic E-state index is 0.345. The summed E-state index contributed by atoms with van der Waals surface area (Å²) < 4.78 is 9.21. The van der Waals surface area contributed by atoms with Crippen molar-refractivity contribution in [3.63, 3.8) is 0 Å². The van der Waals surface area contributed by atoms with Gasteiger partial charge in [-0.2, -0.15) is 0 Å². The van der Waals surface area contributed by atoms with E-state index in [0.29, 0.717) is 11.5 Å². The van der Waals surface area contributed by atoms with Crippen LogP contribution in [0.5, 0.6) is 11.5 Å². The Hall–Kier alpha value is -3.69. The number of hydrogen-bond donors (Lipinski definition) is 0. The van der Waals surface area contributed by atoms with Gasteiger partial charge in [0.1, 0.15) is 0 Å². The zero-order chi connectivity index (χ0) is 28.3. The summed E-state index contributed by atoms with van der Waals surface area (Å²) in [5, 5.41) is 0. The van der Waals surface area contributed by atoms with Crippen molar-refractivity contribution in [1.29, 1.82) is 0 Å². The van der Waals surface area contributed by atoms with E-state index in [2.05, 4.69) is 146 Å². The second kappa shape index (κ2) is 8.20. The van der Waals surface area contributed by atoms with Gasteiger partial charge in [-0.3, -0.25) is 0 Å². The molecule has 0 radical (unpaired) electrons. The second-order valence-electron chi connectivity index (χ2n) is 12.5. The van der Waals surface area contributed by atoms with Gasteiger partial charge in [-0.05, 0) is 0 Å². The molecule has 4 aromatic carbocycles. The molecule has 8 rings (SSSR count). The fraction of sp³-hybridized carbons (Fsp3) is 0.257. The number of nitrogens with zero attached hydrogens (tertiary/aromatic N) is 4. The summed E-state index contributed by atoms with van der Waals surface area (Å²) in [4.78, 5) is 10.4. The third kappa shape index (κ3) is 3.27. The number of benzene rings is 4. The van der Waals surface area contributed by atoms with Gasteiger partial charge in [0.15, 0.2) is 0 Å². The van der Waals surface area contributed by atoms with Crippen molar-refractivity contribution in [2.24, 2.45) is 0 Å².